The van der Waals surface area contributed by atoms with E-state index >= 15 is 0 Å². The Bertz CT molecular complexity index is 565. The summed E-state index contributed by atoms with van der Waals surface area (Å²) in [6.45, 7) is -0.0600. The lowest BCUT2D eigenvalue weighted by atomic mass is 10.1. The minimum Gasteiger partial charge on any atom is -0.394 e. The zero-order valence-electron chi connectivity index (χ0n) is 10.4. The number of aliphatic hydroxyl groups excluding tert-OH is 1. The molecule has 0 saturated carbocycles. The number of nitrogens with zero attached hydrogens (tertiary/aromatic N) is 2. The van der Waals surface area contributed by atoms with Crippen molar-refractivity contribution in [3.8, 4) is 0 Å². The van der Waals surface area contributed by atoms with Crippen LogP contribution in [0.15, 0.2) is 12.1 Å². The normalized spacial score (nSPS) is 18.4. The first-order chi connectivity index (χ1) is 9.47. The second-order valence-corrected chi connectivity index (χ2v) is 4.49. The highest BCUT2D eigenvalue weighted by Gasteiger charge is 2.34. The summed E-state index contributed by atoms with van der Waals surface area (Å²) in [6, 6.07) is 0.855. The summed E-state index contributed by atoms with van der Waals surface area (Å²) in [5.74, 6) is -3.61. The van der Waals surface area contributed by atoms with Gasteiger partial charge in [-0.3, -0.25) is 14.9 Å². The summed E-state index contributed by atoms with van der Waals surface area (Å²) in [4.78, 5) is 22.9. The molecule has 20 heavy (non-hydrogen) atoms. The van der Waals surface area contributed by atoms with Gasteiger partial charge in [0.2, 0.25) is 5.82 Å². The van der Waals surface area contributed by atoms with Crippen LogP contribution in [0.2, 0.25) is 0 Å². The highest BCUT2D eigenvalue weighted by atomic mass is 19.1. The second-order valence-electron chi connectivity index (χ2n) is 4.49. The fraction of sp³-hybridized carbons (Fsp3) is 0.417. The molecule has 0 spiro atoms. The van der Waals surface area contributed by atoms with Crippen LogP contribution in [0, 0.1) is 21.7 Å². The van der Waals surface area contributed by atoms with Crippen LogP contribution >= 0.6 is 0 Å². The lowest BCUT2D eigenvalue weighted by molar-refractivity contribution is -0.387. The molecule has 0 aromatic heterocycles. The first-order valence-electron chi connectivity index (χ1n) is 6.01. The molecule has 1 unspecified atom stereocenters. The molecule has 108 valence electrons. The third kappa shape index (κ3) is 2.34. The van der Waals surface area contributed by atoms with Crippen molar-refractivity contribution in [1.82, 2.24) is 4.90 Å². The fourth-order valence-electron chi connectivity index (χ4n) is 2.32. The molecule has 0 aliphatic carbocycles. The molecule has 1 atom stereocenters. The van der Waals surface area contributed by atoms with Crippen LogP contribution in [0.4, 0.5) is 14.5 Å². The molecule has 2 rings (SSSR count). The Morgan fingerprint density at radius 1 is 1.50 bits per heavy atom. The van der Waals surface area contributed by atoms with E-state index in [1.807, 2.05) is 0 Å². The second kappa shape index (κ2) is 5.49. The Labute approximate surface area is 112 Å². The number of benzene rings is 1. The predicted octanol–water partition coefficient (Wildman–Crippen LogP) is 1.47. The van der Waals surface area contributed by atoms with Gasteiger partial charge in [0.05, 0.1) is 17.6 Å². The summed E-state index contributed by atoms with van der Waals surface area (Å²) >= 11 is 0. The molecule has 1 aromatic rings. The molecule has 0 radical (unpaired) electrons. The molecule has 1 amide bonds. The van der Waals surface area contributed by atoms with E-state index in [0.717, 1.165) is 4.90 Å². The zero-order valence-corrected chi connectivity index (χ0v) is 10.4. The van der Waals surface area contributed by atoms with E-state index in [0.29, 0.717) is 25.0 Å². The quantitative estimate of drug-likeness (QED) is 0.673. The van der Waals surface area contributed by atoms with Crippen molar-refractivity contribution in [2.45, 2.75) is 18.9 Å². The van der Waals surface area contributed by atoms with E-state index in [1.54, 1.807) is 0 Å². The maximum Gasteiger partial charge on any atom is 0.305 e. The number of aliphatic hydroxyl groups is 1. The van der Waals surface area contributed by atoms with Gasteiger partial charge in [0, 0.05) is 12.6 Å². The molecule has 8 heteroatoms. The van der Waals surface area contributed by atoms with Gasteiger partial charge in [0.1, 0.15) is 11.4 Å². The molecule has 1 heterocycles. The highest BCUT2D eigenvalue weighted by Crippen LogP contribution is 2.27. The number of hydrogen-bond acceptors (Lipinski definition) is 4. The summed E-state index contributed by atoms with van der Waals surface area (Å²) in [5, 5.41) is 19.8. The van der Waals surface area contributed by atoms with Gasteiger partial charge in [-0.2, -0.15) is 4.39 Å². The molecule has 1 fully saturated rings. The van der Waals surface area contributed by atoms with Crippen molar-refractivity contribution in [3.05, 3.63) is 39.4 Å². The number of carbonyl (C=O) groups excluding carboxylic acids is 1. The van der Waals surface area contributed by atoms with Crippen molar-refractivity contribution in [1.29, 1.82) is 0 Å². The smallest absolute Gasteiger partial charge is 0.305 e. The minimum atomic E-state index is -1.48. The van der Waals surface area contributed by atoms with Gasteiger partial charge in [-0.15, -0.1) is 0 Å². The number of amides is 1. The minimum absolute atomic E-state index is 0.256. The Kier molecular flexibility index (Phi) is 3.93. The van der Waals surface area contributed by atoms with E-state index in [9.17, 15) is 23.7 Å². The Morgan fingerprint density at radius 3 is 2.80 bits per heavy atom. The van der Waals surface area contributed by atoms with Crippen LogP contribution in [0.5, 0.6) is 0 Å². The average Bonchev–Trinajstić information content (AvgIpc) is 2.86. The maximum atomic E-state index is 13.9. The maximum absolute atomic E-state index is 13.9. The Hall–Kier alpha value is -2.09. The monoisotopic (exact) mass is 286 g/mol. The lowest BCUT2D eigenvalue weighted by Crippen LogP contribution is -2.38. The van der Waals surface area contributed by atoms with Crippen molar-refractivity contribution < 1.29 is 23.6 Å². The van der Waals surface area contributed by atoms with Crippen molar-refractivity contribution in [2.75, 3.05) is 13.2 Å². The van der Waals surface area contributed by atoms with E-state index in [4.69, 9.17) is 5.11 Å². The van der Waals surface area contributed by atoms with Gasteiger partial charge >= 0.3 is 5.69 Å². The van der Waals surface area contributed by atoms with E-state index in [1.165, 1.54) is 0 Å². The van der Waals surface area contributed by atoms with E-state index in [-0.39, 0.29) is 13.2 Å². The van der Waals surface area contributed by atoms with Gasteiger partial charge in [-0.25, -0.2) is 4.39 Å². The van der Waals surface area contributed by atoms with Gasteiger partial charge < -0.3 is 10.0 Å². The van der Waals surface area contributed by atoms with Gasteiger partial charge in [0.15, 0.2) is 0 Å². The van der Waals surface area contributed by atoms with Crippen LogP contribution in [-0.4, -0.2) is 40.0 Å². The number of hydrogen-bond donors (Lipinski definition) is 1. The Morgan fingerprint density at radius 2 is 2.20 bits per heavy atom. The number of nitro benzene ring substituents is 1. The summed E-state index contributed by atoms with van der Waals surface area (Å²) in [5.41, 5.74) is -1.89. The van der Waals surface area contributed by atoms with Crippen molar-refractivity contribution in [3.63, 3.8) is 0 Å². The molecule has 0 bridgehead atoms. The van der Waals surface area contributed by atoms with Crippen molar-refractivity contribution in [2.24, 2.45) is 0 Å². The number of nitro groups is 1. The van der Waals surface area contributed by atoms with Crippen LogP contribution in [0.3, 0.4) is 0 Å². The van der Waals surface area contributed by atoms with Gasteiger partial charge in [-0.1, -0.05) is 0 Å². The molecule has 1 aliphatic heterocycles. The molecular formula is C12H12F2N2O4. The number of carbonyl (C=O) groups is 1. The van der Waals surface area contributed by atoms with Crippen LogP contribution in [-0.2, 0) is 0 Å². The summed E-state index contributed by atoms with van der Waals surface area (Å²) < 4.78 is 27.6. The lowest BCUT2D eigenvalue weighted by Gasteiger charge is -2.23. The van der Waals surface area contributed by atoms with Crippen molar-refractivity contribution >= 4 is 11.6 Å². The average molecular weight is 286 g/mol. The zero-order chi connectivity index (χ0) is 14.9. The van der Waals surface area contributed by atoms with Gasteiger partial charge in [0.25, 0.3) is 5.91 Å². The SMILES string of the molecule is O=C(c1c(F)ccc([N+](=O)[O-])c1F)N1CCCC1CO. The van der Waals surface area contributed by atoms with Gasteiger partial charge in [-0.05, 0) is 18.9 Å². The Balaban J connectivity index is 2.44. The third-order valence-electron chi connectivity index (χ3n) is 3.33. The van der Waals surface area contributed by atoms with Crippen LogP contribution in [0.25, 0.3) is 0 Å². The summed E-state index contributed by atoms with van der Waals surface area (Å²) in [6.07, 6.45) is 1.13. The summed E-state index contributed by atoms with van der Waals surface area (Å²) in [7, 11) is 0. The first kappa shape index (κ1) is 14.3. The molecular weight excluding hydrogens is 274 g/mol. The highest BCUT2D eigenvalue weighted by molar-refractivity contribution is 5.95. The van der Waals surface area contributed by atoms with Crippen LogP contribution in [0.1, 0.15) is 23.2 Å². The first-order valence-corrected chi connectivity index (χ1v) is 6.01. The molecule has 1 N–H and O–H groups in total. The largest absolute Gasteiger partial charge is 0.394 e. The number of likely N-dealkylation sites (tertiary alicyclic amines) is 1. The standard InChI is InChI=1S/C12H12F2N2O4/c13-8-3-4-9(16(19)20)11(14)10(8)12(18)15-5-1-2-7(15)6-17/h3-4,7,17H,1-2,5-6H2. The van der Waals surface area contributed by atoms with E-state index in [2.05, 4.69) is 0 Å². The fourth-order valence-corrected chi connectivity index (χ4v) is 2.32. The molecule has 6 nitrogen and oxygen atoms in total. The molecule has 1 aromatic carbocycles. The number of halogens is 2. The third-order valence-corrected chi connectivity index (χ3v) is 3.33. The molecule has 1 saturated heterocycles. The number of rotatable bonds is 3. The topological polar surface area (TPSA) is 83.7 Å². The van der Waals surface area contributed by atoms with E-state index < -0.39 is 39.8 Å². The van der Waals surface area contributed by atoms with Crippen LogP contribution < -0.4 is 0 Å². The molecule has 1 aliphatic rings. The predicted molar refractivity (Wildman–Crippen MR) is 64.2 cm³/mol.